The highest BCUT2D eigenvalue weighted by molar-refractivity contribution is 5.49. The summed E-state index contributed by atoms with van der Waals surface area (Å²) in [5.74, 6) is 0. The maximum Gasteiger partial charge on any atom is 0.312 e. The zero-order chi connectivity index (χ0) is 7.40. The fourth-order valence-electron chi connectivity index (χ4n) is 0.926. The van der Waals surface area contributed by atoms with Gasteiger partial charge in [0.05, 0.1) is 25.9 Å². The first-order valence-corrected chi connectivity index (χ1v) is 3.21. The van der Waals surface area contributed by atoms with E-state index < -0.39 is 0 Å². The van der Waals surface area contributed by atoms with E-state index in [2.05, 4.69) is 0 Å². The lowest BCUT2D eigenvalue weighted by Crippen LogP contribution is -2.46. The van der Waals surface area contributed by atoms with Crippen LogP contribution in [0.15, 0.2) is 0 Å². The molecule has 0 aliphatic carbocycles. The third-order valence-corrected chi connectivity index (χ3v) is 1.56. The molecule has 1 unspecified atom stereocenters. The summed E-state index contributed by atoms with van der Waals surface area (Å²) in [5, 5.41) is 8.69. The fraction of sp³-hybridized carbons (Fsp3) is 0.833. The molecule has 1 saturated heterocycles. The Morgan fingerprint density at radius 3 is 3.10 bits per heavy atom. The summed E-state index contributed by atoms with van der Waals surface area (Å²) in [6.45, 7) is 1.46. The van der Waals surface area contributed by atoms with E-state index in [1.807, 2.05) is 0 Å². The smallest absolute Gasteiger partial charge is 0.312 e. The van der Waals surface area contributed by atoms with Crippen LogP contribution in [0.25, 0.3) is 0 Å². The average Bonchev–Trinajstić information content (AvgIpc) is 2.04. The molecule has 0 aromatic heterocycles. The van der Waals surface area contributed by atoms with Crippen LogP contribution in [0.5, 0.6) is 0 Å². The highest BCUT2D eigenvalue weighted by Gasteiger charge is 2.20. The number of carbonyl (C=O) groups excluding carboxylic acids is 1. The van der Waals surface area contributed by atoms with Gasteiger partial charge in [-0.15, -0.1) is 0 Å². The van der Waals surface area contributed by atoms with Crippen LogP contribution in [-0.4, -0.2) is 48.8 Å². The molecule has 0 aromatic rings. The minimum absolute atomic E-state index is 0.0464. The molecule has 1 atom stereocenters. The van der Waals surface area contributed by atoms with Gasteiger partial charge < -0.3 is 14.7 Å². The molecule has 57 valence electrons. The number of ether oxygens (including phenoxy) is 1. The Morgan fingerprint density at radius 2 is 2.60 bits per heavy atom. The molecule has 4 heteroatoms. The first kappa shape index (κ1) is 7.50. The van der Waals surface area contributed by atoms with Gasteiger partial charge in [-0.2, -0.15) is 0 Å². The number of nitrogens with zero attached hydrogens (tertiary/aromatic N) is 1. The summed E-state index contributed by atoms with van der Waals surface area (Å²) in [5.41, 5.74) is 0. The van der Waals surface area contributed by atoms with Gasteiger partial charge in [0.2, 0.25) is 0 Å². The SMILES string of the molecule is O=[C]N1CCOCC1CO. The Kier molecular flexibility index (Phi) is 2.65. The van der Waals surface area contributed by atoms with Gasteiger partial charge >= 0.3 is 6.41 Å². The number of amides is 1. The number of aliphatic hydroxyl groups is 1. The van der Waals surface area contributed by atoms with Crippen LogP contribution in [0.4, 0.5) is 0 Å². The lowest BCUT2D eigenvalue weighted by molar-refractivity contribution is 0.00384. The van der Waals surface area contributed by atoms with Crippen molar-refractivity contribution in [1.29, 1.82) is 0 Å². The molecule has 1 radical (unpaired) electrons. The van der Waals surface area contributed by atoms with Crippen LogP contribution in [0.3, 0.4) is 0 Å². The van der Waals surface area contributed by atoms with Crippen molar-refractivity contribution in [3.8, 4) is 0 Å². The highest BCUT2D eigenvalue weighted by Crippen LogP contribution is 2.02. The van der Waals surface area contributed by atoms with E-state index in [1.54, 1.807) is 6.41 Å². The number of morpholine rings is 1. The molecule has 1 aliphatic heterocycles. The third-order valence-electron chi connectivity index (χ3n) is 1.56. The number of hydrogen-bond acceptors (Lipinski definition) is 3. The topological polar surface area (TPSA) is 49.8 Å². The zero-order valence-corrected chi connectivity index (χ0v) is 5.62. The predicted octanol–water partition coefficient (Wildman–Crippen LogP) is -1.25. The van der Waals surface area contributed by atoms with Gasteiger partial charge in [0.15, 0.2) is 0 Å². The second-order valence-corrected chi connectivity index (χ2v) is 2.20. The van der Waals surface area contributed by atoms with Crippen LogP contribution < -0.4 is 0 Å². The molecule has 1 amide bonds. The Bertz CT molecular complexity index is 118. The second kappa shape index (κ2) is 3.53. The van der Waals surface area contributed by atoms with E-state index in [1.165, 1.54) is 4.90 Å². The minimum Gasteiger partial charge on any atom is -0.394 e. The Morgan fingerprint density at radius 1 is 1.80 bits per heavy atom. The van der Waals surface area contributed by atoms with E-state index in [9.17, 15) is 4.79 Å². The van der Waals surface area contributed by atoms with Crippen molar-refractivity contribution >= 4 is 6.41 Å². The standard InChI is InChI=1S/C6H10NO3/c8-3-6-4-10-2-1-7(6)5-9/h6,8H,1-4H2. The largest absolute Gasteiger partial charge is 0.394 e. The maximum atomic E-state index is 10.2. The van der Waals surface area contributed by atoms with Crippen molar-refractivity contribution in [2.45, 2.75) is 6.04 Å². The van der Waals surface area contributed by atoms with Crippen molar-refractivity contribution in [1.82, 2.24) is 4.90 Å². The minimum atomic E-state index is -0.189. The lowest BCUT2D eigenvalue weighted by atomic mass is 10.2. The summed E-state index contributed by atoms with van der Waals surface area (Å²) >= 11 is 0. The molecule has 0 saturated carbocycles. The Balaban J connectivity index is 2.41. The molecular formula is C6H10NO3. The third kappa shape index (κ3) is 1.46. The van der Waals surface area contributed by atoms with Crippen LogP contribution >= 0.6 is 0 Å². The van der Waals surface area contributed by atoms with Crippen LogP contribution in [0.2, 0.25) is 0 Å². The van der Waals surface area contributed by atoms with Gasteiger partial charge in [-0.25, -0.2) is 0 Å². The molecule has 1 N–H and O–H groups in total. The molecule has 1 heterocycles. The van der Waals surface area contributed by atoms with Crippen molar-refractivity contribution in [3.05, 3.63) is 0 Å². The molecule has 10 heavy (non-hydrogen) atoms. The summed E-state index contributed by atoms with van der Waals surface area (Å²) in [4.78, 5) is 11.6. The summed E-state index contributed by atoms with van der Waals surface area (Å²) < 4.78 is 5.02. The number of rotatable bonds is 2. The Hall–Kier alpha value is -0.610. The summed E-state index contributed by atoms with van der Waals surface area (Å²) in [7, 11) is 0. The molecule has 1 aliphatic rings. The maximum absolute atomic E-state index is 10.2. The molecule has 1 fully saturated rings. The first-order chi connectivity index (χ1) is 4.88. The average molecular weight is 144 g/mol. The van der Waals surface area contributed by atoms with Gasteiger partial charge in [-0.3, -0.25) is 4.79 Å². The first-order valence-electron chi connectivity index (χ1n) is 3.21. The quantitative estimate of drug-likeness (QED) is 0.526. The van der Waals surface area contributed by atoms with Crippen molar-refractivity contribution in [3.63, 3.8) is 0 Å². The van der Waals surface area contributed by atoms with Gasteiger partial charge in [-0.1, -0.05) is 0 Å². The second-order valence-electron chi connectivity index (χ2n) is 2.20. The van der Waals surface area contributed by atoms with E-state index in [0.29, 0.717) is 19.8 Å². The molecule has 4 nitrogen and oxygen atoms in total. The van der Waals surface area contributed by atoms with Gasteiger partial charge in [0.25, 0.3) is 0 Å². The lowest BCUT2D eigenvalue weighted by Gasteiger charge is -2.30. The number of aliphatic hydroxyl groups excluding tert-OH is 1. The highest BCUT2D eigenvalue weighted by atomic mass is 16.5. The molecule has 0 bridgehead atoms. The zero-order valence-electron chi connectivity index (χ0n) is 5.62. The Labute approximate surface area is 59.4 Å². The molecular weight excluding hydrogens is 134 g/mol. The van der Waals surface area contributed by atoms with Crippen LogP contribution in [0, 0.1) is 0 Å². The van der Waals surface area contributed by atoms with Gasteiger partial charge in [0.1, 0.15) is 0 Å². The van der Waals surface area contributed by atoms with Gasteiger partial charge in [-0.05, 0) is 0 Å². The number of hydrogen-bond donors (Lipinski definition) is 1. The van der Waals surface area contributed by atoms with E-state index >= 15 is 0 Å². The van der Waals surface area contributed by atoms with Crippen LogP contribution in [0.1, 0.15) is 0 Å². The molecule has 0 spiro atoms. The normalized spacial score (nSPS) is 26.5. The van der Waals surface area contributed by atoms with Crippen molar-refractivity contribution in [2.24, 2.45) is 0 Å². The summed E-state index contributed by atoms with van der Waals surface area (Å²) in [6, 6.07) is -0.189. The van der Waals surface area contributed by atoms with Crippen molar-refractivity contribution < 1.29 is 14.6 Å². The fourth-order valence-corrected chi connectivity index (χ4v) is 0.926. The van der Waals surface area contributed by atoms with Gasteiger partial charge in [0, 0.05) is 6.54 Å². The predicted molar refractivity (Wildman–Crippen MR) is 34.1 cm³/mol. The molecule has 1 rings (SSSR count). The van der Waals surface area contributed by atoms with Crippen molar-refractivity contribution in [2.75, 3.05) is 26.4 Å². The monoisotopic (exact) mass is 144 g/mol. The van der Waals surface area contributed by atoms with Crippen LogP contribution in [-0.2, 0) is 9.53 Å². The molecule has 0 aromatic carbocycles. The van der Waals surface area contributed by atoms with E-state index in [-0.39, 0.29) is 12.6 Å². The summed E-state index contributed by atoms with van der Waals surface area (Å²) in [6.07, 6.45) is 1.75. The van der Waals surface area contributed by atoms with E-state index in [0.717, 1.165) is 0 Å². The van der Waals surface area contributed by atoms with E-state index in [4.69, 9.17) is 9.84 Å².